The fourth-order valence-corrected chi connectivity index (χ4v) is 4.05. The van der Waals surface area contributed by atoms with Gasteiger partial charge in [0, 0.05) is 43.2 Å². The lowest BCUT2D eigenvalue weighted by Crippen LogP contribution is -2.26. The Hall–Kier alpha value is -2.26. The molecule has 3 heteroatoms. The second-order valence-corrected chi connectivity index (χ2v) is 6.81. The monoisotopic (exact) mass is 334 g/mol. The highest BCUT2D eigenvalue weighted by molar-refractivity contribution is 5.87. The zero-order valence-corrected chi connectivity index (χ0v) is 15.2. The number of hydrogen-bond donors (Lipinski definition) is 0. The van der Waals surface area contributed by atoms with E-state index in [9.17, 15) is 0 Å². The summed E-state index contributed by atoms with van der Waals surface area (Å²) in [5, 5.41) is 1.39. The number of hydrogen-bond acceptors (Lipinski definition) is 2. The predicted octanol–water partition coefficient (Wildman–Crippen LogP) is 4.12. The zero-order valence-electron chi connectivity index (χ0n) is 15.2. The molecule has 0 aliphatic carbocycles. The number of methoxy groups -OCH3 is 1. The van der Waals surface area contributed by atoms with Crippen LogP contribution in [-0.4, -0.2) is 36.2 Å². The number of likely N-dealkylation sites (N-methyl/N-ethyl adjacent to an activating group) is 1. The number of benzene rings is 2. The average molecular weight is 334 g/mol. The minimum absolute atomic E-state index is 0.923. The third kappa shape index (κ3) is 3.05. The summed E-state index contributed by atoms with van der Waals surface area (Å²) in [5.41, 5.74) is 5.69. The van der Waals surface area contributed by atoms with Crippen LogP contribution in [0.2, 0.25) is 0 Å². The van der Waals surface area contributed by atoms with Crippen molar-refractivity contribution in [1.29, 1.82) is 0 Å². The van der Waals surface area contributed by atoms with E-state index in [0.717, 1.165) is 44.8 Å². The van der Waals surface area contributed by atoms with Gasteiger partial charge >= 0.3 is 0 Å². The molecule has 2 heterocycles. The molecule has 0 fully saturated rings. The lowest BCUT2D eigenvalue weighted by molar-refractivity contribution is 0.302. The molecule has 0 saturated heterocycles. The summed E-state index contributed by atoms with van der Waals surface area (Å²) in [4.78, 5) is 2.56. The molecule has 0 saturated carbocycles. The summed E-state index contributed by atoms with van der Waals surface area (Å²) in [6.07, 6.45) is 2.25. The van der Waals surface area contributed by atoms with Crippen molar-refractivity contribution in [2.24, 2.45) is 0 Å². The lowest BCUT2D eigenvalue weighted by atomic mass is 10.1. The SMILES string of the molecule is CCN1CCc2c(n(Cc3ccccc3)c3cc(OC)ccc23)CC1. The highest BCUT2D eigenvalue weighted by Crippen LogP contribution is 2.32. The molecular formula is C22H26N2O. The molecule has 0 amide bonds. The van der Waals surface area contributed by atoms with Crippen molar-refractivity contribution >= 4 is 10.9 Å². The first-order valence-corrected chi connectivity index (χ1v) is 9.24. The smallest absolute Gasteiger partial charge is 0.120 e. The van der Waals surface area contributed by atoms with E-state index in [-0.39, 0.29) is 0 Å². The van der Waals surface area contributed by atoms with Crippen molar-refractivity contribution in [1.82, 2.24) is 9.47 Å². The van der Waals surface area contributed by atoms with Crippen LogP contribution in [0.15, 0.2) is 48.5 Å². The normalized spacial score (nSPS) is 15.1. The molecule has 2 aromatic carbocycles. The Kier molecular flexibility index (Phi) is 4.50. The van der Waals surface area contributed by atoms with E-state index in [2.05, 4.69) is 64.9 Å². The van der Waals surface area contributed by atoms with Crippen LogP contribution in [0.1, 0.15) is 23.7 Å². The molecule has 3 nitrogen and oxygen atoms in total. The van der Waals surface area contributed by atoms with Gasteiger partial charge in [0.1, 0.15) is 5.75 Å². The Bertz CT molecular complexity index is 867. The van der Waals surface area contributed by atoms with Crippen molar-refractivity contribution < 1.29 is 4.74 Å². The molecule has 130 valence electrons. The van der Waals surface area contributed by atoms with Gasteiger partial charge < -0.3 is 14.2 Å². The van der Waals surface area contributed by atoms with E-state index in [1.54, 1.807) is 7.11 Å². The maximum Gasteiger partial charge on any atom is 0.120 e. The fourth-order valence-electron chi connectivity index (χ4n) is 4.05. The van der Waals surface area contributed by atoms with Crippen molar-refractivity contribution in [3.63, 3.8) is 0 Å². The van der Waals surface area contributed by atoms with Gasteiger partial charge in [0.15, 0.2) is 0 Å². The Morgan fingerprint density at radius 2 is 1.80 bits per heavy atom. The van der Waals surface area contributed by atoms with Gasteiger partial charge in [-0.15, -0.1) is 0 Å². The highest BCUT2D eigenvalue weighted by atomic mass is 16.5. The molecule has 0 bridgehead atoms. The van der Waals surface area contributed by atoms with Crippen LogP contribution in [0.4, 0.5) is 0 Å². The number of rotatable bonds is 4. The Morgan fingerprint density at radius 3 is 2.56 bits per heavy atom. The highest BCUT2D eigenvalue weighted by Gasteiger charge is 2.21. The Labute approximate surface area is 149 Å². The van der Waals surface area contributed by atoms with Crippen molar-refractivity contribution in [2.75, 3.05) is 26.7 Å². The third-order valence-electron chi connectivity index (χ3n) is 5.47. The quantitative estimate of drug-likeness (QED) is 0.714. The van der Waals surface area contributed by atoms with Crippen LogP contribution in [0.5, 0.6) is 5.75 Å². The Balaban J connectivity index is 1.85. The molecule has 3 aromatic rings. The maximum absolute atomic E-state index is 5.50. The molecule has 1 aliphatic rings. The van der Waals surface area contributed by atoms with Gasteiger partial charge in [-0.3, -0.25) is 0 Å². The largest absolute Gasteiger partial charge is 0.497 e. The molecule has 25 heavy (non-hydrogen) atoms. The van der Waals surface area contributed by atoms with Crippen LogP contribution in [-0.2, 0) is 19.4 Å². The topological polar surface area (TPSA) is 17.4 Å². The van der Waals surface area contributed by atoms with Crippen LogP contribution >= 0.6 is 0 Å². The minimum atomic E-state index is 0.923. The first kappa shape index (κ1) is 16.2. The van der Waals surface area contributed by atoms with E-state index in [4.69, 9.17) is 4.74 Å². The Morgan fingerprint density at radius 1 is 1.00 bits per heavy atom. The molecule has 0 radical (unpaired) electrons. The van der Waals surface area contributed by atoms with E-state index < -0.39 is 0 Å². The van der Waals surface area contributed by atoms with E-state index in [1.807, 2.05) is 0 Å². The molecule has 0 spiro atoms. The summed E-state index contributed by atoms with van der Waals surface area (Å²) in [7, 11) is 1.75. The minimum Gasteiger partial charge on any atom is -0.497 e. The molecule has 1 aliphatic heterocycles. The third-order valence-corrected chi connectivity index (χ3v) is 5.47. The van der Waals surface area contributed by atoms with Crippen LogP contribution in [0.3, 0.4) is 0 Å². The number of aromatic nitrogens is 1. The number of fused-ring (bicyclic) bond motifs is 3. The summed E-state index contributed by atoms with van der Waals surface area (Å²) in [6.45, 7) is 6.61. The van der Waals surface area contributed by atoms with Crippen LogP contribution < -0.4 is 4.74 Å². The van der Waals surface area contributed by atoms with Gasteiger partial charge in [0.05, 0.1) is 12.6 Å². The van der Waals surface area contributed by atoms with Gasteiger partial charge in [-0.1, -0.05) is 37.3 Å². The molecule has 0 atom stereocenters. The predicted molar refractivity (Wildman–Crippen MR) is 104 cm³/mol. The van der Waals surface area contributed by atoms with Gasteiger partial charge in [0.2, 0.25) is 0 Å². The molecule has 4 rings (SSSR count). The molecule has 1 aromatic heterocycles. The van der Waals surface area contributed by atoms with E-state index in [1.165, 1.54) is 27.7 Å². The first-order chi connectivity index (χ1) is 12.3. The van der Waals surface area contributed by atoms with Crippen LogP contribution in [0, 0.1) is 0 Å². The van der Waals surface area contributed by atoms with Crippen molar-refractivity contribution in [3.05, 3.63) is 65.4 Å². The molecular weight excluding hydrogens is 308 g/mol. The van der Waals surface area contributed by atoms with Gasteiger partial charge in [0.25, 0.3) is 0 Å². The number of ether oxygens (including phenoxy) is 1. The van der Waals surface area contributed by atoms with Gasteiger partial charge in [-0.2, -0.15) is 0 Å². The fraction of sp³-hybridized carbons (Fsp3) is 0.364. The lowest BCUT2D eigenvalue weighted by Gasteiger charge is -2.17. The summed E-state index contributed by atoms with van der Waals surface area (Å²) >= 11 is 0. The summed E-state index contributed by atoms with van der Waals surface area (Å²) in [5.74, 6) is 0.935. The van der Waals surface area contributed by atoms with Gasteiger partial charge in [-0.05, 0) is 36.2 Å². The van der Waals surface area contributed by atoms with Crippen molar-refractivity contribution in [3.8, 4) is 5.75 Å². The summed E-state index contributed by atoms with van der Waals surface area (Å²) < 4.78 is 8.01. The zero-order chi connectivity index (χ0) is 17.2. The van der Waals surface area contributed by atoms with Crippen molar-refractivity contribution in [2.45, 2.75) is 26.3 Å². The second-order valence-electron chi connectivity index (χ2n) is 6.81. The molecule has 0 unspecified atom stereocenters. The van der Waals surface area contributed by atoms with Gasteiger partial charge in [-0.25, -0.2) is 0 Å². The second kappa shape index (κ2) is 6.93. The van der Waals surface area contributed by atoms with Crippen LogP contribution in [0.25, 0.3) is 10.9 Å². The summed E-state index contributed by atoms with van der Waals surface area (Å²) in [6, 6.07) is 17.3. The average Bonchev–Trinajstić information content (AvgIpc) is 2.81. The molecule has 0 N–H and O–H groups in total. The van der Waals surface area contributed by atoms with E-state index in [0.29, 0.717) is 0 Å². The maximum atomic E-state index is 5.50. The first-order valence-electron chi connectivity index (χ1n) is 9.24. The standard InChI is InChI=1S/C22H26N2O/c1-3-23-13-11-20-19-10-9-18(25-2)15-22(19)24(21(20)12-14-23)16-17-7-5-4-6-8-17/h4-10,15H,3,11-14,16H2,1-2H3. The van der Waals surface area contributed by atoms with E-state index >= 15 is 0 Å². The number of nitrogens with zero attached hydrogens (tertiary/aromatic N) is 2.